The summed E-state index contributed by atoms with van der Waals surface area (Å²) in [5.41, 5.74) is 0. The molecule has 0 aliphatic heterocycles. The van der Waals surface area contributed by atoms with E-state index < -0.39 is 0 Å². The molecule has 0 bridgehead atoms. The van der Waals surface area contributed by atoms with Crippen LogP contribution in [-0.2, 0) is 11.8 Å². The second kappa shape index (κ2) is 4.68. The molecule has 1 heterocycles. The number of aromatic nitrogens is 2. The maximum atomic E-state index is 11.9. The topological polar surface area (TPSA) is 46.9 Å². The van der Waals surface area contributed by atoms with E-state index in [0.717, 1.165) is 18.7 Å². The van der Waals surface area contributed by atoms with Crippen LogP contribution in [0.5, 0.6) is 0 Å². The summed E-state index contributed by atoms with van der Waals surface area (Å²) < 4.78 is 1.94. The molecule has 1 amide bonds. The van der Waals surface area contributed by atoms with Crippen LogP contribution in [0.2, 0.25) is 0 Å². The van der Waals surface area contributed by atoms with Crippen LogP contribution in [0.1, 0.15) is 44.5 Å². The van der Waals surface area contributed by atoms with Gasteiger partial charge in [-0.05, 0) is 19.8 Å². The number of hydrogen-bond donors (Lipinski definition) is 1. The summed E-state index contributed by atoms with van der Waals surface area (Å²) in [5, 5.41) is 3.04. The number of nitrogens with zero attached hydrogens (tertiary/aromatic N) is 2. The zero-order valence-electron chi connectivity index (χ0n) is 9.94. The minimum atomic E-state index is -0.00639. The first-order chi connectivity index (χ1) is 7.68. The third kappa shape index (κ3) is 2.26. The lowest BCUT2D eigenvalue weighted by Gasteiger charge is -2.16. The van der Waals surface area contributed by atoms with Crippen molar-refractivity contribution in [1.82, 2.24) is 14.9 Å². The van der Waals surface area contributed by atoms with Gasteiger partial charge in [-0.25, -0.2) is 4.98 Å². The lowest BCUT2D eigenvalue weighted by Crippen LogP contribution is -2.32. The monoisotopic (exact) mass is 221 g/mol. The van der Waals surface area contributed by atoms with E-state index in [4.69, 9.17) is 0 Å². The summed E-state index contributed by atoms with van der Waals surface area (Å²) in [7, 11) is 1.94. The Labute approximate surface area is 96.1 Å². The van der Waals surface area contributed by atoms with Crippen LogP contribution in [0.3, 0.4) is 0 Å². The van der Waals surface area contributed by atoms with Crippen LogP contribution in [0.15, 0.2) is 12.4 Å². The molecule has 1 N–H and O–H groups in total. The number of hydrogen-bond acceptors (Lipinski definition) is 2. The van der Waals surface area contributed by atoms with Crippen LogP contribution in [0, 0.1) is 5.92 Å². The highest BCUT2D eigenvalue weighted by atomic mass is 16.1. The molecule has 0 saturated heterocycles. The Morgan fingerprint density at radius 3 is 2.81 bits per heavy atom. The molecule has 0 spiro atoms. The fourth-order valence-corrected chi connectivity index (χ4v) is 2.38. The van der Waals surface area contributed by atoms with Crippen molar-refractivity contribution in [3.8, 4) is 0 Å². The summed E-state index contributed by atoms with van der Waals surface area (Å²) in [6.07, 6.45) is 8.11. The van der Waals surface area contributed by atoms with E-state index in [-0.39, 0.29) is 17.9 Å². The Balaban J connectivity index is 1.94. The molecule has 1 unspecified atom stereocenters. The van der Waals surface area contributed by atoms with Crippen molar-refractivity contribution >= 4 is 5.91 Å². The largest absolute Gasteiger partial charge is 0.346 e. The third-order valence-electron chi connectivity index (χ3n) is 3.33. The zero-order valence-corrected chi connectivity index (χ0v) is 9.94. The average Bonchev–Trinajstić information content (AvgIpc) is 2.86. The number of amides is 1. The number of carbonyl (C=O) groups excluding carboxylic acids is 1. The van der Waals surface area contributed by atoms with Gasteiger partial charge in [-0.2, -0.15) is 0 Å². The minimum Gasteiger partial charge on any atom is -0.346 e. The number of imidazole rings is 1. The van der Waals surface area contributed by atoms with Crippen LogP contribution >= 0.6 is 0 Å². The highest BCUT2D eigenvalue weighted by Gasteiger charge is 2.24. The quantitative estimate of drug-likeness (QED) is 0.845. The standard InChI is InChI=1S/C12H19N3O/c1-9(11-13-7-8-15(11)2)14-12(16)10-5-3-4-6-10/h7-10H,3-6H2,1-2H3,(H,14,16). The Morgan fingerprint density at radius 1 is 1.56 bits per heavy atom. The SMILES string of the molecule is CC(NC(=O)C1CCCC1)c1nccn1C. The number of aryl methyl sites for hydroxylation is 1. The smallest absolute Gasteiger partial charge is 0.223 e. The van der Waals surface area contributed by atoms with E-state index in [1.54, 1.807) is 6.20 Å². The number of carbonyl (C=O) groups is 1. The molecular formula is C12H19N3O. The minimum absolute atomic E-state index is 0.00639. The molecular weight excluding hydrogens is 202 g/mol. The molecule has 1 aliphatic carbocycles. The van der Waals surface area contributed by atoms with Gasteiger partial charge in [0.2, 0.25) is 5.91 Å². The fourth-order valence-electron chi connectivity index (χ4n) is 2.38. The second-order valence-corrected chi connectivity index (χ2v) is 4.61. The molecule has 4 nitrogen and oxygen atoms in total. The van der Waals surface area contributed by atoms with E-state index in [1.807, 2.05) is 24.7 Å². The molecule has 1 aliphatic rings. The molecule has 1 saturated carbocycles. The van der Waals surface area contributed by atoms with Gasteiger partial charge in [0.25, 0.3) is 0 Å². The first-order valence-electron chi connectivity index (χ1n) is 5.96. The molecule has 0 radical (unpaired) electrons. The van der Waals surface area contributed by atoms with E-state index in [1.165, 1.54) is 12.8 Å². The third-order valence-corrected chi connectivity index (χ3v) is 3.33. The molecule has 1 fully saturated rings. The Hall–Kier alpha value is -1.32. The predicted molar refractivity (Wildman–Crippen MR) is 61.7 cm³/mol. The number of nitrogens with one attached hydrogen (secondary N) is 1. The molecule has 4 heteroatoms. The molecule has 1 aromatic heterocycles. The molecule has 1 aromatic rings. The highest BCUT2D eigenvalue weighted by Crippen LogP contribution is 2.25. The van der Waals surface area contributed by atoms with Crippen molar-refractivity contribution in [2.24, 2.45) is 13.0 Å². The first kappa shape index (κ1) is 11.2. The molecule has 1 atom stereocenters. The van der Waals surface area contributed by atoms with Gasteiger partial charge in [0.05, 0.1) is 6.04 Å². The normalized spacial score (nSPS) is 18.6. The van der Waals surface area contributed by atoms with Crippen LogP contribution < -0.4 is 5.32 Å². The van der Waals surface area contributed by atoms with E-state index in [0.29, 0.717) is 0 Å². The maximum Gasteiger partial charge on any atom is 0.223 e. The van der Waals surface area contributed by atoms with Gasteiger partial charge in [-0.1, -0.05) is 12.8 Å². The maximum absolute atomic E-state index is 11.9. The summed E-state index contributed by atoms with van der Waals surface area (Å²) in [4.78, 5) is 16.2. The molecule has 2 rings (SSSR count). The molecule has 88 valence electrons. The highest BCUT2D eigenvalue weighted by molar-refractivity contribution is 5.79. The Morgan fingerprint density at radius 2 is 2.25 bits per heavy atom. The van der Waals surface area contributed by atoms with E-state index in [9.17, 15) is 4.79 Å². The lowest BCUT2D eigenvalue weighted by atomic mass is 10.1. The summed E-state index contributed by atoms with van der Waals surface area (Å²) >= 11 is 0. The van der Waals surface area contributed by atoms with Gasteiger partial charge in [0.1, 0.15) is 5.82 Å². The Bertz CT molecular complexity index is 366. The number of rotatable bonds is 3. The van der Waals surface area contributed by atoms with Crippen LogP contribution in [0.4, 0.5) is 0 Å². The van der Waals surface area contributed by atoms with Crippen molar-refractivity contribution in [3.05, 3.63) is 18.2 Å². The predicted octanol–water partition coefficient (Wildman–Crippen LogP) is 1.79. The molecule has 16 heavy (non-hydrogen) atoms. The van der Waals surface area contributed by atoms with Gasteiger partial charge in [0, 0.05) is 25.4 Å². The van der Waals surface area contributed by atoms with Crippen molar-refractivity contribution < 1.29 is 4.79 Å². The van der Waals surface area contributed by atoms with Gasteiger partial charge < -0.3 is 9.88 Å². The Kier molecular flexibility index (Phi) is 3.27. The van der Waals surface area contributed by atoms with Gasteiger partial charge in [-0.15, -0.1) is 0 Å². The second-order valence-electron chi connectivity index (χ2n) is 4.61. The van der Waals surface area contributed by atoms with Crippen molar-refractivity contribution in [2.75, 3.05) is 0 Å². The van der Waals surface area contributed by atoms with Crippen molar-refractivity contribution in [2.45, 2.75) is 38.6 Å². The summed E-state index contributed by atoms with van der Waals surface area (Å²) in [6, 6.07) is -0.00639. The van der Waals surface area contributed by atoms with Gasteiger partial charge in [-0.3, -0.25) is 4.79 Å². The van der Waals surface area contributed by atoms with Crippen LogP contribution in [-0.4, -0.2) is 15.5 Å². The summed E-state index contributed by atoms with van der Waals surface area (Å²) in [6.45, 7) is 1.98. The van der Waals surface area contributed by atoms with Crippen molar-refractivity contribution in [1.29, 1.82) is 0 Å². The fraction of sp³-hybridized carbons (Fsp3) is 0.667. The zero-order chi connectivity index (χ0) is 11.5. The van der Waals surface area contributed by atoms with E-state index in [2.05, 4.69) is 10.3 Å². The molecule has 0 aromatic carbocycles. The lowest BCUT2D eigenvalue weighted by molar-refractivity contribution is -0.125. The summed E-state index contributed by atoms with van der Waals surface area (Å²) in [5.74, 6) is 1.32. The van der Waals surface area contributed by atoms with Gasteiger partial charge >= 0.3 is 0 Å². The van der Waals surface area contributed by atoms with E-state index >= 15 is 0 Å². The first-order valence-corrected chi connectivity index (χ1v) is 5.96. The van der Waals surface area contributed by atoms with Gasteiger partial charge in [0.15, 0.2) is 0 Å². The average molecular weight is 221 g/mol. The van der Waals surface area contributed by atoms with Crippen LogP contribution in [0.25, 0.3) is 0 Å². The van der Waals surface area contributed by atoms with Crippen molar-refractivity contribution in [3.63, 3.8) is 0 Å².